The van der Waals surface area contributed by atoms with Crippen molar-refractivity contribution in [3.63, 3.8) is 0 Å². The van der Waals surface area contributed by atoms with E-state index in [1.165, 1.54) is 4.90 Å². The summed E-state index contributed by atoms with van der Waals surface area (Å²) in [5.74, 6) is -0.886. The van der Waals surface area contributed by atoms with Gasteiger partial charge in [-0.1, -0.05) is 97.1 Å². The van der Waals surface area contributed by atoms with Gasteiger partial charge in [0, 0.05) is 27.2 Å². The third-order valence-electron chi connectivity index (χ3n) is 10.1. The Balaban J connectivity index is 1.27. The van der Waals surface area contributed by atoms with Crippen molar-refractivity contribution < 1.29 is 9.59 Å². The number of carbonyl (C=O) groups excluding carboxylic acids is 2. The molecule has 0 atom stereocenters. The largest absolute Gasteiger partial charge is 0.309 e. The van der Waals surface area contributed by atoms with Gasteiger partial charge in [0.25, 0.3) is 11.8 Å². The molecule has 6 nitrogen and oxygen atoms in total. The Kier molecular flexibility index (Phi) is 6.14. The molecule has 0 N–H and O–H groups in total. The first-order chi connectivity index (χ1) is 25.1. The number of amides is 2. The van der Waals surface area contributed by atoms with E-state index in [4.69, 9.17) is 0 Å². The molecular weight excluding hydrogens is 629 g/mol. The van der Waals surface area contributed by atoms with Gasteiger partial charge >= 0.3 is 0 Å². The third kappa shape index (κ3) is 4.09. The molecule has 2 aromatic heterocycles. The van der Waals surface area contributed by atoms with Gasteiger partial charge in [-0.2, -0.15) is 5.26 Å². The molecule has 1 aliphatic rings. The lowest BCUT2D eigenvalue weighted by molar-refractivity contribution is 0.0926. The van der Waals surface area contributed by atoms with Crippen molar-refractivity contribution in [2.75, 3.05) is 4.90 Å². The maximum absolute atomic E-state index is 13.9. The molecule has 51 heavy (non-hydrogen) atoms. The quantitative estimate of drug-likeness (QED) is 0.177. The molecule has 0 spiro atoms. The van der Waals surface area contributed by atoms with E-state index in [0.717, 1.165) is 60.4 Å². The fourth-order valence-electron chi connectivity index (χ4n) is 7.83. The Morgan fingerprint density at radius 1 is 0.451 bits per heavy atom. The summed E-state index contributed by atoms with van der Waals surface area (Å²) in [5, 5.41) is 14.7. The number of imide groups is 1. The fraction of sp³-hybridized carbons (Fsp3) is 0. The van der Waals surface area contributed by atoms with Crippen LogP contribution in [-0.4, -0.2) is 20.9 Å². The topological polar surface area (TPSA) is 71.0 Å². The third-order valence-corrected chi connectivity index (χ3v) is 10.1. The van der Waals surface area contributed by atoms with Crippen molar-refractivity contribution in [3.8, 4) is 28.6 Å². The van der Waals surface area contributed by atoms with Gasteiger partial charge in [0.1, 0.15) is 6.07 Å². The van der Waals surface area contributed by atoms with Gasteiger partial charge in [-0.25, -0.2) is 4.90 Å². The number of hydrogen-bond donors (Lipinski definition) is 0. The van der Waals surface area contributed by atoms with Crippen LogP contribution < -0.4 is 4.90 Å². The molecule has 0 unspecified atom stereocenters. The number of fused-ring (bicyclic) bond motifs is 7. The van der Waals surface area contributed by atoms with Crippen molar-refractivity contribution in [2.24, 2.45) is 0 Å². The smallest absolute Gasteiger partial charge is 0.266 e. The molecule has 0 aliphatic carbocycles. The first kappa shape index (κ1) is 28.8. The summed E-state index contributed by atoms with van der Waals surface area (Å²) in [6.45, 7) is 0. The lowest BCUT2D eigenvalue weighted by Gasteiger charge is -2.21. The van der Waals surface area contributed by atoms with Gasteiger partial charge in [0.15, 0.2) is 0 Å². The number of para-hydroxylation sites is 3. The number of nitriles is 1. The molecule has 0 radical (unpaired) electrons. The lowest BCUT2D eigenvalue weighted by Crippen LogP contribution is -2.31. The Labute approximate surface area is 292 Å². The highest BCUT2D eigenvalue weighted by Crippen LogP contribution is 2.43. The van der Waals surface area contributed by atoms with Gasteiger partial charge in [0.2, 0.25) is 0 Å². The van der Waals surface area contributed by atoms with E-state index in [9.17, 15) is 14.9 Å². The van der Waals surface area contributed by atoms with Gasteiger partial charge in [0.05, 0.1) is 50.1 Å². The van der Waals surface area contributed by atoms with Crippen molar-refractivity contribution in [3.05, 3.63) is 174 Å². The van der Waals surface area contributed by atoms with E-state index in [1.54, 1.807) is 36.4 Å². The number of aromatic nitrogens is 2. The minimum absolute atomic E-state index is 0.238. The number of benzene rings is 7. The van der Waals surface area contributed by atoms with E-state index >= 15 is 0 Å². The van der Waals surface area contributed by atoms with E-state index in [2.05, 4.69) is 94.1 Å². The average Bonchev–Trinajstić information content (AvgIpc) is 3.78. The average molecular weight is 655 g/mol. The van der Waals surface area contributed by atoms with Crippen LogP contribution in [0.1, 0.15) is 26.3 Å². The van der Waals surface area contributed by atoms with Gasteiger partial charge < -0.3 is 9.13 Å². The molecule has 0 saturated heterocycles. The summed E-state index contributed by atoms with van der Waals surface area (Å²) in [6, 6.07) is 54.4. The highest BCUT2D eigenvalue weighted by molar-refractivity contribution is 6.35. The van der Waals surface area contributed by atoms with E-state index in [1.807, 2.05) is 42.5 Å². The molecule has 1 aliphatic heterocycles. The molecule has 10 rings (SSSR count). The van der Waals surface area contributed by atoms with Crippen molar-refractivity contribution in [1.82, 2.24) is 9.13 Å². The maximum Gasteiger partial charge on any atom is 0.266 e. The minimum atomic E-state index is -0.443. The first-order valence-electron chi connectivity index (χ1n) is 16.8. The maximum atomic E-state index is 13.9. The molecule has 0 bridgehead atoms. The van der Waals surface area contributed by atoms with Crippen LogP contribution in [0.2, 0.25) is 0 Å². The number of anilines is 1. The Hall–Kier alpha value is -7.23. The van der Waals surface area contributed by atoms with Crippen molar-refractivity contribution in [2.45, 2.75) is 0 Å². The molecule has 2 amide bonds. The number of nitrogens with zero attached hydrogens (tertiary/aromatic N) is 4. The predicted molar refractivity (Wildman–Crippen MR) is 203 cm³/mol. The molecule has 6 heteroatoms. The van der Waals surface area contributed by atoms with Gasteiger partial charge in [-0.15, -0.1) is 0 Å². The van der Waals surface area contributed by atoms with Crippen LogP contribution in [0.4, 0.5) is 5.69 Å². The Morgan fingerprint density at radius 2 is 1.00 bits per heavy atom. The van der Waals surface area contributed by atoms with Crippen LogP contribution in [-0.2, 0) is 0 Å². The molecule has 0 saturated carbocycles. The number of hydrogen-bond acceptors (Lipinski definition) is 3. The van der Waals surface area contributed by atoms with Gasteiger partial charge in [-0.05, 0) is 71.8 Å². The monoisotopic (exact) mass is 654 g/mol. The summed E-state index contributed by atoms with van der Waals surface area (Å²) in [5.41, 5.74) is 8.95. The van der Waals surface area contributed by atoms with Crippen LogP contribution in [0.25, 0.3) is 66.1 Å². The second-order valence-corrected chi connectivity index (χ2v) is 12.8. The second-order valence-electron chi connectivity index (χ2n) is 12.8. The number of rotatable bonds is 4. The van der Waals surface area contributed by atoms with Crippen LogP contribution >= 0.6 is 0 Å². The first-order valence-corrected chi connectivity index (χ1v) is 16.8. The van der Waals surface area contributed by atoms with Crippen LogP contribution in [0.15, 0.2) is 158 Å². The summed E-state index contributed by atoms with van der Waals surface area (Å²) in [7, 11) is 0. The summed E-state index contributed by atoms with van der Waals surface area (Å²) < 4.78 is 4.38. The van der Waals surface area contributed by atoms with Crippen LogP contribution in [0.5, 0.6) is 0 Å². The second kappa shape index (κ2) is 10.9. The Bertz CT molecular complexity index is 2930. The number of carbonyl (C=O) groups is 2. The van der Waals surface area contributed by atoms with Gasteiger partial charge in [-0.3, -0.25) is 9.59 Å². The minimum Gasteiger partial charge on any atom is -0.309 e. The highest BCUT2D eigenvalue weighted by atomic mass is 16.2. The zero-order chi connectivity index (χ0) is 34.2. The molecule has 0 fully saturated rings. The van der Waals surface area contributed by atoms with E-state index in [0.29, 0.717) is 16.8 Å². The predicted octanol–water partition coefficient (Wildman–Crippen LogP) is 10.2. The van der Waals surface area contributed by atoms with Crippen LogP contribution in [0, 0.1) is 11.3 Å². The highest BCUT2D eigenvalue weighted by Gasteiger charge is 2.39. The zero-order valence-electron chi connectivity index (χ0n) is 27.1. The van der Waals surface area contributed by atoms with Crippen molar-refractivity contribution in [1.29, 1.82) is 5.26 Å². The fourth-order valence-corrected chi connectivity index (χ4v) is 7.83. The van der Waals surface area contributed by atoms with E-state index < -0.39 is 11.8 Å². The van der Waals surface area contributed by atoms with Crippen LogP contribution in [0.3, 0.4) is 0 Å². The standard InChI is InChI=1S/C45H26N4O2/c46-27-30-13-10-20-40(43(30)49-44(50)34-16-4-5-17-35(34)45(49)51)48-39-19-9-7-15-33(39)37-25-36-32-14-6-8-18-38(32)47(41(36)26-42(37)48)31-23-21-29(22-24-31)28-11-2-1-3-12-28/h1-26H. The molecular formula is C45H26N4O2. The summed E-state index contributed by atoms with van der Waals surface area (Å²) >= 11 is 0. The summed E-state index contributed by atoms with van der Waals surface area (Å²) in [6.07, 6.45) is 0. The SMILES string of the molecule is N#Cc1cccc(-n2c3ccccc3c3cc4c5ccccc5n(-c5ccc(-c6ccccc6)cc5)c4cc32)c1N1C(=O)c2ccccc2C1=O. The molecule has 238 valence electrons. The van der Waals surface area contributed by atoms with Crippen molar-refractivity contribution >= 4 is 61.1 Å². The molecule has 9 aromatic rings. The zero-order valence-corrected chi connectivity index (χ0v) is 27.1. The Morgan fingerprint density at radius 3 is 1.65 bits per heavy atom. The van der Waals surface area contributed by atoms with E-state index in [-0.39, 0.29) is 11.3 Å². The lowest BCUT2D eigenvalue weighted by atomic mass is 10.1. The molecule has 7 aromatic carbocycles. The molecule has 3 heterocycles. The normalized spacial score (nSPS) is 12.7. The summed E-state index contributed by atoms with van der Waals surface area (Å²) in [4.78, 5) is 29.0.